The number of carbonyl (C=O) groups is 2. The largest absolute Gasteiger partial charge is 0.573 e. The highest BCUT2D eigenvalue weighted by Crippen LogP contribution is 2.37. The molecule has 41 heavy (non-hydrogen) atoms. The number of piperidine rings is 2. The van der Waals surface area contributed by atoms with E-state index in [2.05, 4.69) is 14.9 Å². The number of alkyl halides is 3. The summed E-state index contributed by atoms with van der Waals surface area (Å²) in [6.45, 7) is 11.0. The van der Waals surface area contributed by atoms with Crippen LogP contribution >= 0.6 is 0 Å². The van der Waals surface area contributed by atoms with Gasteiger partial charge in [-0.3, -0.25) is 0 Å². The minimum absolute atomic E-state index is 0.0607. The lowest BCUT2D eigenvalue weighted by atomic mass is 9.84. The SMILES string of the molecule is CC(C)c1noc(C2CC(c3ccc(OC(F)(F)F)cc3)CN(C(=O)N3CCC(N(C(=O)O)C(C)(C)C)CC3)C2)n1. The van der Waals surface area contributed by atoms with E-state index in [1.165, 1.54) is 17.0 Å². The van der Waals surface area contributed by atoms with Gasteiger partial charge in [0.1, 0.15) is 5.75 Å². The van der Waals surface area contributed by atoms with E-state index in [9.17, 15) is 27.9 Å². The van der Waals surface area contributed by atoms with Crippen LogP contribution in [0.4, 0.5) is 22.8 Å². The zero-order valence-corrected chi connectivity index (χ0v) is 24.0. The number of hydrogen-bond acceptors (Lipinski definition) is 6. The van der Waals surface area contributed by atoms with Crippen molar-refractivity contribution in [2.75, 3.05) is 26.2 Å². The molecule has 2 saturated heterocycles. The number of carboxylic acid groups (broad SMARTS) is 1. The molecule has 0 aliphatic carbocycles. The van der Waals surface area contributed by atoms with Crippen LogP contribution in [0.1, 0.15) is 88.9 Å². The van der Waals surface area contributed by atoms with Gasteiger partial charge < -0.3 is 29.1 Å². The van der Waals surface area contributed by atoms with Crippen LogP contribution < -0.4 is 4.74 Å². The Hall–Kier alpha value is -3.51. The average Bonchev–Trinajstić information content (AvgIpc) is 3.38. The highest BCUT2D eigenvalue weighted by molar-refractivity contribution is 5.75. The third-order valence-corrected chi connectivity index (χ3v) is 7.66. The molecule has 2 atom stereocenters. The average molecular weight is 582 g/mol. The second-order valence-electron chi connectivity index (χ2n) is 12.1. The Labute approximate surface area is 237 Å². The van der Waals surface area contributed by atoms with Crippen molar-refractivity contribution in [2.24, 2.45) is 0 Å². The van der Waals surface area contributed by atoms with Gasteiger partial charge in [0, 0.05) is 49.6 Å². The van der Waals surface area contributed by atoms with Crippen molar-refractivity contribution in [1.29, 1.82) is 0 Å². The minimum Gasteiger partial charge on any atom is -0.465 e. The summed E-state index contributed by atoms with van der Waals surface area (Å²) in [7, 11) is 0. The van der Waals surface area contributed by atoms with Crippen molar-refractivity contribution < 1.29 is 37.1 Å². The van der Waals surface area contributed by atoms with Crippen molar-refractivity contribution >= 4 is 12.1 Å². The number of rotatable bonds is 5. The van der Waals surface area contributed by atoms with Gasteiger partial charge in [-0.05, 0) is 57.7 Å². The molecule has 0 bridgehead atoms. The van der Waals surface area contributed by atoms with Crippen molar-refractivity contribution in [1.82, 2.24) is 24.8 Å². The molecule has 0 spiro atoms. The second kappa shape index (κ2) is 11.8. The monoisotopic (exact) mass is 581 g/mol. The van der Waals surface area contributed by atoms with Crippen LogP contribution in [0.2, 0.25) is 0 Å². The molecule has 1 aromatic carbocycles. The summed E-state index contributed by atoms with van der Waals surface area (Å²) < 4.78 is 47.5. The Kier molecular flexibility index (Phi) is 8.74. The van der Waals surface area contributed by atoms with Gasteiger partial charge in [0.15, 0.2) is 5.82 Å². The van der Waals surface area contributed by atoms with Crippen LogP contribution in [0.3, 0.4) is 0 Å². The molecule has 2 aliphatic rings. The topological polar surface area (TPSA) is 112 Å². The van der Waals surface area contributed by atoms with E-state index >= 15 is 0 Å². The molecule has 2 unspecified atom stereocenters. The van der Waals surface area contributed by atoms with Crippen LogP contribution in [-0.2, 0) is 0 Å². The summed E-state index contributed by atoms with van der Waals surface area (Å²) in [4.78, 5) is 35.2. The van der Waals surface area contributed by atoms with Gasteiger partial charge in [-0.2, -0.15) is 4.98 Å². The summed E-state index contributed by atoms with van der Waals surface area (Å²) in [6.07, 6.45) is -4.13. The van der Waals surface area contributed by atoms with E-state index in [4.69, 9.17) is 4.52 Å². The van der Waals surface area contributed by atoms with Crippen molar-refractivity contribution in [2.45, 2.75) is 89.6 Å². The van der Waals surface area contributed by atoms with Crippen molar-refractivity contribution in [3.05, 3.63) is 41.5 Å². The lowest BCUT2D eigenvalue weighted by Gasteiger charge is -2.45. The number of benzene rings is 1. The van der Waals surface area contributed by atoms with E-state index < -0.39 is 18.0 Å². The highest BCUT2D eigenvalue weighted by atomic mass is 19.4. The van der Waals surface area contributed by atoms with E-state index in [0.717, 1.165) is 5.56 Å². The summed E-state index contributed by atoms with van der Waals surface area (Å²) in [5.41, 5.74) is 0.210. The predicted molar refractivity (Wildman–Crippen MR) is 143 cm³/mol. The van der Waals surface area contributed by atoms with Crippen molar-refractivity contribution in [3.63, 3.8) is 0 Å². The third kappa shape index (κ3) is 7.42. The number of carbonyl (C=O) groups excluding carboxylic acids is 1. The van der Waals surface area contributed by atoms with Crippen LogP contribution in [0.25, 0.3) is 0 Å². The minimum atomic E-state index is -4.78. The molecule has 3 heterocycles. The Morgan fingerprint density at radius 1 is 1.05 bits per heavy atom. The van der Waals surface area contributed by atoms with Gasteiger partial charge in [0.2, 0.25) is 5.89 Å². The van der Waals surface area contributed by atoms with Crippen molar-refractivity contribution in [3.8, 4) is 5.75 Å². The fraction of sp³-hybridized carbons (Fsp3) is 0.643. The quantitative estimate of drug-likeness (QED) is 0.459. The van der Waals surface area contributed by atoms with Crippen LogP contribution in [-0.4, -0.2) is 86.2 Å². The fourth-order valence-corrected chi connectivity index (χ4v) is 5.77. The Morgan fingerprint density at radius 3 is 2.17 bits per heavy atom. The molecule has 1 N–H and O–H groups in total. The number of aromatic nitrogens is 2. The predicted octanol–water partition coefficient (Wildman–Crippen LogP) is 6.03. The summed E-state index contributed by atoms with van der Waals surface area (Å²) in [5, 5.41) is 13.9. The number of halogens is 3. The Bertz CT molecular complexity index is 1200. The lowest BCUT2D eigenvalue weighted by Crippen LogP contribution is -2.57. The summed E-state index contributed by atoms with van der Waals surface area (Å²) >= 11 is 0. The molecular formula is C28H38F3N5O5. The number of urea groups is 1. The van der Waals surface area contributed by atoms with Gasteiger partial charge in [-0.25, -0.2) is 9.59 Å². The molecule has 0 saturated carbocycles. The summed E-state index contributed by atoms with van der Waals surface area (Å²) in [5.74, 6) is 0.295. The van der Waals surface area contributed by atoms with E-state index in [1.807, 2.05) is 34.6 Å². The maximum absolute atomic E-state index is 13.7. The Morgan fingerprint density at radius 2 is 1.66 bits per heavy atom. The molecule has 0 radical (unpaired) electrons. The van der Waals surface area contributed by atoms with Crippen LogP contribution in [0.5, 0.6) is 5.75 Å². The molecule has 226 valence electrons. The maximum Gasteiger partial charge on any atom is 0.573 e. The zero-order valence-electron chi connectivity index (χ0n) is 24.0. The molecule has 2 aromatic rings. The first kappa shape index (κ1) is 30.4. The second-order valence-corrected chi connectivity index (χ2v) is 12.1. The maximum atomic E-state index is 13.7. The molecule has 2 fully saturated rings. The van der Waals surface area contributed by atoms with E-state index in [1.54, 1.807) is 21.9 Å². The van der Waals surface area contributed by atoms with Gasteiger partial charge in [0.05, 0.1) is 5.92 Å². The van der Waals surface area contributed by atoms with Crippen LogP contribution in [0, 0.1) is 0 Å². The first-order valence-corrected chi connectivity index (χ1v) is 13.9. The molecule has 10 nitrogen and oxygen atoms in total. The smallest absolute Gasteiger partial charge is 0.465 e. The van der Waals surface area contributed by atoms with E-state index in [0.29, 0.717) is 57.2 Å². The number of amides is 3. The molecule has 1 aromatic heterocycles. The molecule has 2 aliphatic heterocycles. The number of ether oxygens (including phenoxy) is 1. The molecule has 3 amide bonds. The molecule has 13 heteroatoms. The van der Waals surface area contributed by atoms with Gasteiger partial charge >= 0.3 is 18.5 Å². The Balaban J connectivity index is 1.52. The number of likely N-dealkylation sites (tertiary alicyclic amines) is 2. The first-order chi connectivity index (χ1) is 19.1. The van der Waals surface area contributed by atoms with Gasteiger partial charge in [-0.15, -0.1) is 13.2 Å². The van der Waals surface area contributed by atoms with Gasteiger partial charge in [-0.1, -0.05) is 31.1 Å². The molecule has 4 rings (SSSR count). The number of hydrogen-bond donors (Lipinski definition) is 1. The highest BCUT2D eigenvalue weighted by Gasteiger charge is 2.40. The standard InChI is InChI=1S/C28H38F3N5O5/c1-17(2)23-32-24(41-33-23)20-14-19(18-6-8-22(9-7-18)40-28(29,30)31)15-35(16-20)25(37)34-12-10-21(11-13-34)36(26(38)39)27(3,4)5/h6-9,17,19-21H,10-16H2,1-5H3,(H,38,39). The van der Waals surface area contributed by atoms with Crippen LogP contribution in [0.15, 0.2) is 28.8 Å². The third-order valence-electron chi connectivity index (χ3n) is 7.66. The fourth-order valence-electron chi connectivity index (χ4n) is 5.77. The first-order valence-electron chi connectivity index (χ1n) is 13.9. The normalized spacial score (nSPS) is 20.8. The summed E-state index contributed by atoms with van der Waals surface area (Å²) in [6, 6.07) is 5.36. The zero-order chi connectivity index (χ0) is 30.1. The molecular weight excluding hydrogens is 543 g/mol. The van der Waals surface area contributed by atoms with Gasteiger partial charge in [0.25, 0.3) is 0 Å². The number of nitrogens with zero attached hydrogens (tertiary/aromatic N) is 5. The lowest BCUT2D eigenvalue weighted by molar-refractivity contribution is -0.274. The van der Waals surface area contributed by atoms with E-state index in [-0.39, 0.29) is 35.6 Å².